The number of aldehydes is 1. The van der Waals surface area contributed by atoms with Crippen molar-refractivity contribution in [3.63, 3.8) is 0 Å². The summed E-state index contributed by atoms with van der Waals surface area (Å²) in [5, 5.41) is 10.0. The van der Waals surface area contributed by atoms with Gasteiger partial charge in [-0.15, -0.1) is 0 Å². The molecule has 0 aromatic carbocycles. The number of hydrogen-bond acceptors (Lipinski definition) is 3. The van der Waals surface area contributed by atoms with Gasteiger partial charge in [-0.3, -0.25) is 0 Å². The Labute approximate surface area is 117 Å². The first-order chi connectivity index (χ1) is 9.00. The van der Waals surface area contributed by atoms with Crippen LogP contribution in [0.15, 0.2) is 23.8 Å². The Hall–Kier alpha value is -0.930. The highest BCUT2D eigenvalue weighted by atomic mass is 16.5. The third kappa shape index (κ3) is 7.28. The fourth-order valence-electron chi connectivity index (χ4n) is 1.63. The molecule has 0 spiro atoms. The van der Waals surface area contributed by atoms with Crippen LogP contribution in [-0.2, 0) is 9.53 Å². The molecule has 0 aromatic heterocycles. The summed E-state index contributed by atoms with van der Waals surface area (Å²) in [6.07, 6.45) is 9.42. The molecule has 0 aliphatic rings. The summed E-state index contributed by atoms with van der Waals surface area (Å²) in [5.41, 5.74) is -0.0425. The highest BCUT2D eigenvalue weighted by molar-refractivity contribution is 5.63. The van der Waals surface area contributed by atoms with Crippen molar-refractivity contribution in [2.45, 2.75) is 65.1 Å². The van der Waals surface area contributed by atoms with Gasteiger partial charge >= 0.3 is 0 Å². The second-order valence-corrected chi connectivity index (χ2v) is 5.10. The number of carbonyl (C=O) groups is 1. The van der Waals surface area contributed by atoms with E-state index in [-0.39, 0.29) is 0 Å². The van der Waals surface area contributed by atoms with Gasteiger partial charge in [-0.25, -0.2) is 0 Å². The Kier molecular flexibility index (Phi) is 9.44. The molecule has 3 nitrogen and oxygen atoms in total. The summed E-state index contributed by atoms with van der Waals surface area (Å²) < 4.78 is 5.62. The molecule has 3 heteroatoms. The van der Waals surface area contributed by atoms with Crippen LogP contribution in [-0.4, -0.2) is 29.7 Å². The van der Waals surface area contributed by atoms with E-state index in [0.717, 1.165) is 24.8 Å². The lowest BCUT2D eigenvalue weighted by Crippen LogP contribution is -2.44. The van der Waals surface area contributed by atoms with Crippen molar-refractivity contribution < 1.29 is 14.6 Å². The molecular formula is C16H28O3. The maximum absolute atomic E-state index is 11.2. The molecule has 0 aliphatic carbocycles. The standard InChI is InChI=1S/C16H28O3/c1-5-7-9-10-14(3)12-19-16(4,13-17)15(18)11-8-6-2/h5,7,10,13,15,18H,6,8-9,11-12H2,1-4H3. The van der Waals surface area contributed by atoms with Gasteiger partial charge in [0.25, 0.3) is 0 Å². The minimum Gasteiger partial charge on any atom is -0.390 e. The second kappa shape index (κ2) is 9.93. The largest absolute Gasteiger partial charge is 0.390 e. The molecule has 19 heavy (non-hydrogen) atoms. The van der Waals surface area contributed by atoms with Gasteiger partial charge in [0.15, 0.2) is 6.29 Å². The first-order valence-electron chi connectivity index (χ1n) is 7.05. The molecule has 0 saturated heterocycles. The van der Waals surface area contributed by atoms with Gasteiger partial charge in [-0.1, -0.05) is 43.6 Å². The van der Waals surface area contributed by atoms with E-state index >= 15 is 0 Å². The first kappa shape index (κ1) is 18.1. The van der Waals surface area contributed by atoms with Gasteiger partial charge in [0.05, 0.1) is 12.7 Å². The molecule has 0 heterocycles. The Morgan fingerprint density at radius 3 is 2.68 bits per heavy atom. The van der Waals surface area contributed by atoms with E-state index in [2.05, 4.69) is 19.1 Å². The summed E-state index contributed by atoms with van der Waals surface area (Å²) in [6.45, 7) is 8.02. The number of rotatable bonds is 10. The summed E-state index contributed by atoms with van der Waals surface area (Å²) in [7, 11) is 0. The van der Waals surface area contributed by atoms with Crippen LogP contribution in [0.3, 0.4) is 0 Å². The first-order valence-corrected chi connectivity index (χ1v) is 7.05. The molecule has 2 unspecified atom stereocenters. The average Bonchev–Trinajstić information content (AvgIpc) is 2.42. The minimum absolute atomic E-state index is 0.371. The normalized spacial score (nSPS) is 17.4. The van der Waals surface area contributed by atoms with Gasteiger partial charge < -0.3 is 14.6 Å². The molecular weight excluding hydrogens is 240 g/mol. The lowest BCUT2D eigenvalue weighted by molar-refractivity contribution is -0.144. The van der Waals surface area contributed by atoms with Crippen LogP contribution >= 0.6 is 0 Å². The molecule has 0 aliphatic heterocycles. The third-order valence-electron chi connectivity index (χ3n) is 3.18. The van der Waals surface area contributed by atoms with Gasteiger partial charge in [-0.05, 0) is 33.6 Å². The highest BCUT2D eigenvalue weighted by Crippen LogP contribution is 2.19. The van der Waals surface area contributed by atoms with Gasteiger partial charge in [0.1, 0.15) is 5.60 Å². The van der Waals surface area contributed by atoms with E-state index in [0.29, 0.717) is 19.3 Å². The van der Waals surface area contributed by atoms with Crippen molar-refractivity contribution in [3.8, 4) is 0 Å². The minimum atomic E-state index is -1.11. The lowest BCUT2D eigenvalue weighted by atomic mass is 9.96. The van der Waals surface area contributed by atoms with Crippen molar-refractivity contribution >= 4 is 6.29 Å². The highest BCUT2D eigenvalue weighted by Gasteiger charge is 2.33. The number of aliphatic hydroxyl groups excluding tert-OH is 1. The zero-order chi connectivity index (χ0) is 14.7. The van der Waals surface area contributed by atoms with Crippen molar-refractivity contribution in [2.24, 2.45) is 0 Å². The predicted molar refractivity (Wildman–Crippen MR) is 79.1 cm³/mol. The molecule has 0 amide bonds. The van der Waals surface area contributed by atoms with E-state index in [9.17, 15) is 9.90 Å². The van der Waals surface area contributed by atoms with Crippen LogP contribution in [0, 0.1) is 0 Å². The number of hydrogen-bond donors (Lipinski definition) is 1. The maximum atomic E-state index is 11.2. The van der Waals surface area contributed by atoms with E-state index < -0.39 is 11.7 Å². The second-order valence-electron chi connectivity index (χ2n) is 5.10. The number of aliphatic hydroxyl groups is 1. The van der Waals surface area contributed by atoms with Crippen LogP contribution < -0.4 is 0 Å². The summed E-state index contributed by atoms with van der Waals surface area (Å²) in [4.78, 5) is 11.2. The molecule has 110 valence electrons. The maximum Gasteiger partial charge on any atom is 0.154 e. The van der Waals surface area contributed by atoms with Crippen LogP contribution in [0.5, 0.6) is 0 Å². The lowest BCUT2D eigenvalue weighted by Gasteiger charge is -2.29. The van der Waals surface area contributed by atoms with Gasteiger partial charge in [0, 0.05) is 0 Å². The smallest absolute Gasteiger partial charge is 0.154 e. The quantitative estimate of drug-likeness (QED) is 0.488. The molecule has 1 N–H and O–H groups in total. The van der Waals surface area contributed by atoms with E-state index in [1.165, 1.54) is 0 Å². The summed E-state index contributed by atoms with van der Waals surface area (Å²) in [5.74, 6) is 0. The molecule has 0 saturated carbocycles. The monoisotopic (exact) mass is 268 g/mol. The number of allylic oxidation sites excluding steroid dienone is 3. The topological polar surface area (TPSA) is 46.5 Å². The molecule has 0 fully saturated rings. The zero-order valence-electron chi connectivity index (χ0n) is 12.7. The Morgan fingerprint density at radius 1 is 1.47 bits per heavy atom. The molecule has 2 atom stereocenters. The van der Waals surface area contributed by atoms with Crippen molar-refractivity contribution in [1.82, 2.24) is 0 Å². The number of unbranched alkanes of at least 4 members (excludes halogenated alkanes) is 1. The van der Waals surface area contributed by atoms with Crippen molar-refractivity contribution in [3.05, 3.63) is 23.8 Å². The number of ether oxygens (including phenoxy) is 1. The fraction of sp³-hybridized carbons (Fsp3) is 0.688. The Morgan fingerprint density at radius 2 is 2.16 bits per heavy atom. The Bertz CT molecular complexity index is 307. The SMILES string of the molecule is CC=CCC=C(C)COC(C)(C=O)C(O)CCCC. The Balaban J connectivity index is 4.37. The third-order valence-corrected chi connectivity index (χ3v) is 3.18. The summed E-state index contributed by atoms with van der Waals surface area (Å²) >= 11 is 0. The van der Waals surface area contributed by atoms with E-state index in [4.69, 9.17) is 4.74 Å². The van der Waals surface area contributed by atoms with E-state index in [1.807, 2.05) is 19.9 Å². The zero-order valence-corrected chi connectivity index (χ0v) is 12.7. The molecule has 0 aromatic rings. The molecule has 0 rings (SSSR count). The fourth-order valence-corrected chi connectivity index (χ4v) is 1.63. The molecule has 0 bridgehead atoms. The van der Waals surface area contributed by atoms with Crippen LogP contribution in [0.2, 0.25) is 0 Å². The number of carbonyl (C=O) groups excluding carboxylic acids is 1. The average molecular weight is 268 g/mol. The summed E-state index contributed by atoms with van der Waals surface area (Å²) in [6, 6.07) is 0. The van der Waals surface area contributed by atoms with Crippen molar-refractivity contribution in [1.29, 1.82) is 0 Å². The van der Waals surface area contributed by atoms with Gasteiger partial charge in [0.2, 0.25) is 0 Å². The van der Waals surface area contributed by atoms with Gasteiger partial charge in [-0.2, -0.15) is 0 Å². The van der Waals surface area contributed by atoms with Crippen molar-refractivity contribution in [2.75, 3.05) is 6.61 Å². The van der Waals surface area contributed by atoms with Crippen LogP contribution in [0.1, 0.15) is 53.4 Å². The predicted octanol–water partition coefficient (Wildman–Crippen LogP) is 3.42. The van der Waals surface area contributed by atoms with Crippen LogP contribution in [0.25, 0.3) is 0 Å². The molecule has 0 radical (unpaired) electrons. The van der Waals surface area contributed by atoms with Crippen LogP contribution in [0.4, 0.5) is 0 Å². The van der Waals surface area contributed by atoms with E-state index in [1.54, 1.807) is 6.92 Å².